The number of thiazole rings is 1. The van der Waals surface area contributed by atoms with Crippen molar-refractivity contribution < 1.29 is 9.53 Å². The number of carbonyl (C=O) groups excluding carboxylic acids is 1. The molecule has 2 N–H and O–H groups in total. The van der Waals surface area contributed by atoms with Crippen LogP contribution in [0.3, 0.4) is 0 Å². The van der Waals surface area contributed by atoms with Crippen molar-refractivity contribution in [3.8, 4) is 6.07 Å². The molecule has 184 valence electrons. The maximum atomic E-state index is 13.1. The molecule has 0 bridgehead atoms. The molecule has 0 spiro atoms. The van der Waals surface area contributed by atoms with Gasteiger partial charge in [-0.15, -0.1) is 11.3 Å². The van der Waals surface area contributed by atoms with Crippen LogP contribution in [-0.4, -0.2) is 28.5 Å². The SMILES string of the molecule is CCn1c(=O)/c(=C\Nc2cccc(NC(=O)C(C)(C)C)c2)s/c1=C(/C#N)C1=N[C@H]2CCCC[C@H]2O1. The van der Waals surface area contributed by atoms with Gasteiger partial charge in [0.2, 0.25) is 11.8 Å². The van der Waals surface area contributed by atoms with E-state index in [9.17, 15) is 14.9 Å². The summed E-state index contributed by atoms with van der Waals surface area (Å²) in [5.41, 5.74) is 1.02. The van der Waals surface area contributed by atoms with Crippen molar-refractivity contribution in [2.75, 3.05) is 10.6 Å². The molecule has 0 unspecified atom stereocenters. The van der Waals surface area contributed by atoms with Crippen molar-refractivity contribution in [3.05, 3.63) is 43.8 Å². The number of aromatic nitrogens is 1. The van der Waals surface area contributed by atoms with Crippen LogP contribution in [0.2, 0.25) is 0 Å². The van der Waals surface area contributed by atoms with Crippen LogP contribution >= 0.6 is 11.3 Å². The van der Waals surface area contributed by atoms with Crippen LogP contribution in [0.1, 0.15) is 53.4 Å². The average molecular weight is 494 g/mol. The fourth-order valence-electron chi connectivity index (χ4n) is 4.14. The average Bonchev–Trinajstić information content (AvgIpc) is 3.38. The van der Waals surface area contributed by atoms with Gasteiger partial charge in [0.25, 0.3) is 5.56 Å². The summed E-state index contributed by atoms with van der Waals surface area (Å²) in [5.74, 6) is 0.276. The third-order valence-corrected chi connectivity index (χ3v) is 7.28. The quantitative estimate of drug-likeness (QED) is 0.665. The Bertz CT molecular complexity index is 1370. The molecular formula is C26H31N5O3S. The van der Waals surface area contributed by atoms with Gasteiger partial charge in [-0.05, 0) is 44.4 Å². The molecule has 4 rings (SSSR count). The van der Waals surface area contributed by atoms with E-state index in [1.165, 1.54) is 11.3 Å². The second kappa shape index (κ2) is 10.1. The number of ether oxygens (including phenoxy) is 1. The molecule has 2 heterocycles. The molecule has 2 aliphatic rings. The minimum absolute atomic E-state index is 0.0302. The normalized spacial score (nSPS) is 20.9. The van der Waals surface area contributed by atoms with Crippen molar-refractivity contribution in [2.24, 2.45) is 10.4 Å². The summed E-state index contributed by atoms with van der Waals surface area (Å²) < 4.78 is 8.65. The van der Waals surface area contributed by atoms with Crippen LogP contribution in [0.25, 0.3) is 11.8 Å². The van der Waals surface area contributed by atoms with Crippen molar-refractivity contribution >= 4 is 46.3 Å². The largest absolute Gasteiger partial charge is 0.471 e. The summed E-state index contributed by atoms with van der Waals surface area (Å²) in [4.78, 5) is 30.1. The molecule has 1 aromatic heterocycles. The van der Waals surface area contributed by atoms with Gasteiger partial charge in [-0.25, -0.2) is 4.99 Å². The van der Waals surface area contributed by atoms with Crippen LogP contribution in [0.15, 0.2) is 34.1 Å². The summed E-state index contributed by atoms with van der Waals surface area (Å²) in [5, 5.41) is 16.0. The number of aliphatic imine (C=N–C) groups is 1. The van der Waals surface area contributed by atoms with Crippen molar-refractivity contribution in [2.45, 2.75) is 72.1 Å². The van der Waals surface area contributed by atoms with E-state index in [1.54, 1.807) is 10.8 Å². The van der Waals surface area contributed by atoms with E-state index in [-0.39, 0.29) is 23.6 Å². The molecular weight excluding hydrogens is 462 g/mol. The number of hydrogen-bond acceptors (Lipinski definition) is 7. The molecule has 0 saturated heterocycles. The monoisotopic (exact) mass is 493 g/mol. The van der Waals surface area contributed by atoms with Gasteiger partial charge in [0, 0.05) is 29.5 Å². The first-order valence-corrected chi connectivity index (χ1v) is 12.8. The number of nitrogens with one attached hydrogen (secondary N) is 2. The lowest BCUT2D eigenvalue weighted by Gasteiger charge is -2.21. The maximum absolute atomic E-state index is 13.1. The number of carbonyl (C=O) groups is 1. The Balaban J connectivity index is 1.65. The molecule has 1 amide bonds. The minimum atomic E-state index is -0.506. The Hall–Kier alpha value is -3.38. The zero-order valence-electron chi connectivity index (χ0n) is 20.6. The molecule has 1 aromatic carbocycles. The lowest BCUT2D eigenvalue weighted by molar-refractivity contribution is -0.123. The second-order valence-corrected chi connectivity index (χ2v) is 10.9. The number of hydrogen-bond donors (Lipinski definition) is 2. The van der Waals surface area contributed by atoms with E-state index >= 15 is 0 Å². The number of fused-ring (bicyclic) bond motifs is 1. The molecule has 1 aliphatic carbocycles. The van der Waals surface area contributed by atoms with Gasteiger partial charge >= 0.3 is 0 Å². The zero-order chi connectivity index (χ0) is 25.2. The van der Waals surface area contributed by atoms with E-state index in [4.69, 9.17) is 4.74 Å². The van der Waals surface area contributed by atoms with Crippen molar-refractivity contribution in [1.82, 2.24) is 4.57 Å². The molecule has 1 fully saturated rings. The van der Waals surface area contributed by atoms with Crippen LogP contribution in [0.5, 0.6) is 0 Å². The Kier molecular flexibility index (Phi) is 7.13. The highest BCUT2D eigenvalue weighted by Gasteiger charge is 2.35. The van der Waals surface area contributed by atoms with Gasteiger partial charge in [-0.1, -0.05) is 33.3 Å². The number of nitriles is 1. The van der Waals surface area contributed by atoms with Gasteiger partial charge in [-0.2, -0.15) is 5.26 Å². The number of rotatable bonds is 5. The number of benzene rings is 1. The minimum Gasteiger partial charge on any atom is -0.471 e. The van der Waals surface area contributed by atoms with Gasteiger partial charge in [0.1, 0.15) is 26.9 Å². The van der Waals surface area contributed by atoms with E-state index in [1.807, 2.05) is 52.0 Å². The third kappa shape index (κ3) is 5.33. The zero-order valence-corrected chi connectivity index (χ0v) is 21.4. The second-order valence-electron chi connectivity index (χ2n) is 9.82. The molecule has 2 atom stereocenters. The van der Waals surface area contributed by atoms with Crippen LogP contribution < -0.4 is 25.4 Å². The fourth-order valence-corrected chi connectivity index (χ4v) is 5.23. The number of anilines is 2. The van der Waals surface area contributed by atoms with Crippen molar-refractivity contribution in [1.29, 1.82) is 5.26 Å². The first kappa shape index (κ1) is 24.7. The fraction of sp³-hybridized carbons (Fsp3) is 0.462. The van der Waals surface area contributed by atoms with Gasteiger partial charge < -0.3 is 15.4 Å². The summed E-state index contributed by atoms with van der Waals surface area (Å²) >= 11 is 1.24. The summed E-state index contributed by atoms with van der Waals surface area (Å²) in [7, 11) is 0. The lowest BCUT2D eigenvalue weighted by Crippen LogP contribution is -2.32. The highest BCUT2D eigenvalue weighted by atomic mass is 32.1. The summed E-state index contributed by atoms with van der Waals surface area (Å²) in [6.07, 6.45) is 5.81. The maximum Gasteiger partial charge on any atom is 0.270 e. The summed E-state index contributed by atoms with van der Waals surface area (Å²) in [6, 6.07) is 9.64. The molecule has 0 radical (unpaired) electrons. The summed E-state index contributed by atoms with van der Waals surface area (Å²) in [6.45, 7) is 7.87. The van der Waals surface area contributed by atoms with E-state index in [2.05, 4.69) is 21.7 Å². The molecule has 1 aliphatic heterocycles. The molecule has 1 saturated carbocycles. The number of amides is 1. The molecule has 8 nitrogen and oxygen atoms in total. The van der Waals surface area contributed by atoms with E-state index in [0.29, 0.717) is 32.9 Å². The highest BCUT2D eigenvalue weighted by Crippen LogP contribution is 2.30. The van der Waals surface area contributed by atoms with E-state index < -0.39 is 5.41 Å². The Morgan fingerprint density at radius 3 is 2.74 bits per heavy atom. The Labute approximate surface area is 208 Å². The number of nitrogens with zero attached hydrogens (tertiary/aromatic N) is 3. The topological polar surface area (TPSA) is 109 Å². The van der Waals surface area contributed by atoms with Crippen LogP contribution in [0, 0.1) is 16.7 Å². The van der Waals surface area contributed by atoms with Crippen molar-refractivity contribution in [3.63, 3.8) is 0 Å². The van der Waals surface area contributed by atoms with Gasteiger partial charge in [0.15, 0.2) is 0 Å². The van der Waals surface area contributed by atoms with Gasteiger partial charge in [-0.3, -0.25) is 14.2 Å². The third-order valence-electron chi connectivity index (χ3n) is 6.15. The predicted molar refractivity (Wildman–Crippen MR) is 140 cm³/mol. The van der Waals surface area contributed by atoms with Crippen LogP contribution in [-0.2, 0) is 16.1 Å². The molecule has 35 heavy (non-hydrogen) atoms. The van der Waals surface area contributed by atoms with Gasteiger partial charge in [0.05, 0.1) is 6.04 Å². The first-order valence-electron chi connectivity index (χ1n) is 12.0. The smallest absolute Gasteiger partial charge is 0.270 e. The highest BCUT2D eigenvalue weighted by molar-refractivity contribution is 7.07. The molecule has 2 aromatic rings. The van der Waals surface area contributed by atoms with E-state index in [0.717, 1.165) is 31.4 Å². The molecule has 9 heteroatoms. The standard InChI is InChI=1S/C26H31N5O3S/c1-5-31-23(32)21(15-28-16-9-8-10-17(13-16)29-25(33)26(2,3)4)35-24(31)18(14-27)22-30-19-11-6-7-12-20(19)34-22/h8-10,13,15,19-20,28H,5-7,11-12H2,1-4H3,(H,29,33)/b21-15+,24-18-/t19-,20+/m0/s1. The first-order chi connectivity index (χ1) is 16.7. The Morgan fingerprint density at radius 1 is 1.31 bits per heavy atom. The van der Waals surface area contributed by atoms with Crippen LogP contribution in [0.4, 0.5) is 11.4 Å². The lowest BCUT2D eigenvalue weighted by atomic mass is 9.94. The predicted octanol–water partition coefficient (Wildman–Crippen LogP) is 3.18. The Morgan fingerprint density at radius 2 is 2.06 bits per heavy atom.